The zero-order chi connectivity index (χ0) is 9.85. The van der Waals surface area contributed by atoms with Gasteiger partial charge in [0.05, 0.1) is 12.0 Å². The molecule has 2 heteroatoms. The maximum absolute atomic E-state index is 11.6. The lowest BCUT2D eigenvalue weighted by Crippen LogP contribution is -2.44. The van der Waals surface area contributed by atoms with Crippen LogP contribution in [-0.4, -0.2) is 17.5 Å². The van der Waals surface area contributed by atoms with E-state index in [0.29, 0.717) is 6.10 Å². The van der Waals surface area contributed by atoms with Crippen LogP contribution < -0.4 is 0 Å². The molecule has 1 aliphatic heterocycles. The molecular weight excluding hydrogens is 164 g/mol. The molecule has 0 spiro atoms. The fourth-order valence-corrected chi connectivity index (χ4v) is 3.25. The molecule has 1 heterocycles. The quantitative estimate of drug-likeness (QED) is 0.582. The number of carbonyl (C=O) groups is 1. The van der Waals surface area contributed by atoms with Gasteiger partial charge in [-0.25, -0.2) is 0 Å². The second kappa shape index (κ2) is 2.35. The SMILES string of the molecule is CC(=O)C1C(C)(C)CCC2OC21C. The molecule has 0 aromatic carbocycles. The van der Waals surface area contributed by atoms with Crippen molar-refractivity contribution in [1.82, 2.24) is 0 Å². The van der Waals surface area contributed by atoms with E-state index in [1.165, 1.54) is 0 Å². The van der Waals surface area contributed by atoms with Crippen molar-refractivity contribution in [3.05, 3.63) is 0 Å². The summed E-state index contributed by atoms with van der Waals surface area (Å²) < 4.78 is 5.65. The van der Waals surface area contributed by atoms with Gasteiger partial charge in [0.15, 0.2) is 0 Å². The van der Waals surface area contributed by atoms with E-state index >= 15 is 0 Å². The zero-order valence-corrected chi connectivity index (χ0v) is 8.89. The predicted octanol–water partition coefficient (Wildman–Crippen LogP) is 2.17. The third-order valence-electron chi connectivity index (χ3n) is 3.79. The van der Waals surface area contributed by atoms with Gasteiger partial charge in [0.25, 0.3) is 0 Å². The molecule has 0 N–H and O–H groups in total. The van der Waals surface area contributed by atoms with Crippen LogP contribution in [0.1, 0.15) is 40.5 Å². The van der Waals surface area contributed by atoms with Gasteiger partial charge in [-0.1, -0.05) is 13.8 Å². The molecule has 0 aromatic rings. The Bertz CT molecular complexity index is 252. The number of hydrogen-bond acceptors (Lipinski definition) is 2. The molecule has 74 valence electrons. The van der Waals surface area contributed by atoms with E-state index in [-0.39, 0.29) is 22.7 Å². The number of epoxide rings is 1. The third-order valence-corrected chi connectivity index (χ3v) is 3.79. The molecule has 0 bridgehead atoms. The standard InChI is InChI=1S/C11H18O2/c1-7(12)9-10(2,3)6-5-8-11(9,4)13-8/h8-9H,5-6H2,1-4H3. The third kappa shape index (κ3) is 1.15. The first-order valence-electron chi connectivity index (χ1n) is 5.06. The number of fused-ring (bicyclic) bond motifs is 1. The van der Waals surface area contributed by atoms with E-state index in [4.69, 9.17) is 4.74 Å². The molecule has 2 rings (SSSR count). The van der Waals surface area contributed by atoms with E-state index in [1.54, 1.807) is 6.92 Å². The highest BCUT2D eigenvalue weighted by atomic mass is 16.6. The molecule has 3 unspecified atom stereocenters. The van der Waals surface area contributed by atoms with Crippen LogP contribution in [0.3, 0.4) is 0 Å². The maximum Gasteiger partial charge on any atom is 0.136 e. The average Bonchev–Trinajstić information content (AvgIpc) is 2.56. The van der Waals surface area contributed by atoms with Gasteiger partial charge in [-0.2, -0.15) is 0 Å². The first kappa shape index (κ1) is 9.20. The highest BCUT2D eigenvalue weighted by molar-refractivity contribution is 5.81. The van der Waals surface area contributed by atoms with Crippen molar-refractivity contribution in [2.24, 2.45) is 11.3 Å². The van der Waals surface area contributed by atoms with Crippen molar-refractivity contribution in [3.8, 4) is 0 Å². The van der Waals surface area contributed by atoms with Gasteiger partial charge < -0.3 is 4.74 Å². The van der Waals surface area contributed by atoms with Crippen LogP contribution in [0, 0.1) is 11.3 Å². The minimum Gasteiger partial charge on any atom is -0.366 e. The van der Waals surface area contributed by atoms with Crippen molar-refractivity contribution in [2.75, 3.05) is 0 Å². The summed E-state index contributed by atoms with van der Waals surface area (Å²) in [6.07, 6.45) is 2.58. The van der Waals surface area contributed by atoms with E-state index in [9.17, 15) is 4.79 Å². The van der Waals surface area contributed by atoms with Gasteiger partial charge in [0.2, 0.25) is 0 Å². The summed E-state index contributed by atoms with van der Waals surface area (Å²) >= 11 is 0. The van der Waals surface area contributed by atoms with Gasteiger partial charge >= 0.3 is 0 Å². The van der Waals surface area contributed by atoms with Gasteiger partial charge in [0.1, 0.15) is 11.4 Å². The van der Waals surface area contributed by atoms with Crippen LogP contribution in [0.25, 0.3) is 0 Å². The Balaban J connectivity index is 2.31. The van der Waals surface area contributed by atoms with E-state index in [1.807, 2.05) is 0 Å². The Kier molecular flexibility index (Phi) is 1.66. The van der Waals surface area contributed by atoms with Crippen LogP contribution >= 0.6 is 0 Å². The summed E-state index contributed by atoms with van der Waals surface area (Å²) in [5.74, 6) is 0.383. The lowest BCUT2D eigenvalue weighted by atomic mass is 9.62. The molecule has 2 nitrogen and oxygen atoms in total. The van der Waals surface area contributed by atoms with Crippen molar-refractivity contribution < 1.29 is 9.53 Å². The number of rotatable bonds is 1. The van der Waals surface area contributed by atoms with Crippen molar-refractivity contribution in [2.45, 2.75) is 52.2 Å². The smallest absolute Gasteiger partial charge is 0.136 e. The Morgan fingerprint density at radius 3 is 2.46 bits per heavy atom. The topological polar surface area (TPSA) is 29.6 Å². The number of ketones is 1. The second-order valence-corrected chi connectivity index (χ2v) is 5.36. The lowest BCUT2D eigenvalue weighted by Gasteiger charge is -2.38. The van der Waals surface area contributed by atoms with E-state index in [0.717, 1.165) is 12.8 Å². The molecular formula is C11H18O2. The molecule has 0 radical (unpaired) electrons. The van der Waals surface area contributed by atoms with Crippen molar-refractivity contribution in [3.63, 3.8) is 0 Å². The number of carbonyl (C=O) groups excluding carboxylic acids is 1. The van der Waals surface area contributed by atoms with E-state index < -0.39 is 0 Å². The molecule has 13 heavy (non-hydrogen) atoms. The van der Waals surface area contributed by atoms with Crippen LogP contribution in [-0.2, 0) is 9.53 Å². The van der Waals surface area contributed by atoms with Gasteiger partial charge in [-0.05, 0) is 32.1 Å². The molecule has 1 aliphatic carbocycles. The Morgan fingerprint density at radius 1 is 1.38 bits per heavy atom. The van der Waals surface area contributed by atoms with Crippen molar-refractivity contribution >= 4 is 5.78 Å². The van der Waals surface area contributed by atoms with E-state index in [2.05, 4.69) is 20.8 Å². The van der Waals surface area contributed by atoms with Crippen LogP contribution in [0.4, 0.5) is 0 Å². The zero-order valence-electron chi connectivity index (χ0n) is 8.89. The highest BCUT2D eigenvalue weighted by Gasteiger charge is 2.65. The molecule has 1 saturated carbocycles. The van der Waals surface area contributed by atoms with Crippen LogP contribution in [0.5, 0.6) is 0 Å². The number of Topliss-reactive ketones (excluding diaryl/α,β-unsaturated/α-hetero) is 1. The summed E-state index contributed by atoms with van der Waals surface area (Å²) in [7, 11) is 0. The fraction of sp³-hybridized carbons (Fsp3) is 0.909. The Morgan fingerprint density at radius 2 is 2.00 bits per heavy atom. The summed E-state index contributed by atoms with van der Waals surface area (Å²) in [5.41, 5.74) is -0.0127. The normalized spacial score (nSPS) is 46.8. The van der Waals surface area contributed by atoms with Gasteiger partial charge in [-0.15, -0.1) is 0 Å². The Labute approximate surface area is 79.7 Å². The molecule has 0 aromatic heterocycles. The molecule has 0 amide bonds. The first-order valence-corrected chi connectivity index (χ1v) is 5.06. The number of ether oxygens (including phenoxy) is 1. The molecule has 1 saturated heterocycles. The summed E-state index contributed by atoms with van der Waals surface area (Å²) in [6, 6.07) is 0. The maximum atomic E-state index is 11.6. The highest BCUT2D eigenvalue weighted by Crippen LogP contribution is 2.58. The monoisotopic (exact) mass is 182 g/mol. The van der Waals surface area contributed by atoms with Crippen LogP contribution in [0.15, 0.2) is 0 Å². The largest absolute Gasteiger partial charge is 0.366 e. The summed E-state index contributed by atoms with van der Waals surface area (Å²) in [4.78, 5) is 11.6. The minimum absolute atomic E-state index is 0.0961. The lowest BCUT2D eigenvalue weighted by molar-refractivity contribution is -0.127. The van der Waals surface area contributed by atoms with Gasteiger partial charge in [0, 0.05) is 0 Å². The fourth-order valence-electron chi connectivity index (χ4n) is 3.25. The molecule has 3 atom stereocenters. The predicted molar refractivity (Wildman–Crippen MR) is 50.5 cm³/mol. The van der Waals surface area contributed by atoms with Crippen LogP contribution in [0.2, 0.25) is 0 Å². The minimum atomic E-state index is -0.131. The molecule has 2 aliphatic rings. The van der Waals surface area contributed by atoms with Crippen molar-refractivity contribution in [1.29, 1.82) is 0 Å². The summed E-state index contributed by atoms with van der Waals surface area (Å²) in [6.45, 7) is 8.15. The summed E-state index contributed by atoms with van der Waals surface area (Å²) in [5, 5.41) is 0. The number of hydrogen-bond donors (Lipinski definition) is 0. The molecule has 2 fully saturated rings. The second-order valence-electron chi connectivity index (χ2n) is 5.36. The first-order chi connectivity index (χ1) is 5.88. The Hall–Kier alpha value is -0.370. The van der Waals surface area contributed by atoms with Gasteiger partial charge in [-0.3, -0.25) is 4.79 Å². The average molecular weight is 182 g/mol.